The average Bonchev–Trinajstić information content (AvgIpc) is 2.94. The van der Waals surface area contributed by atoms with Gasteiger partial charge in [0.1, 0.15) is 17.6 Å². The van der Waals surface area contributed by atoms with Crippen molar-refractivity contribution in [3.63, 3.8) is 0 Å². The number of carboxylic acids is 1. The second-order valence-corrected chi connectivity index (χ2v) is 6.05. The van der Waals surface area contributed by atoms with Crippen LogP contribution in [0.4, 0.5) is 0 Å². The van der Waals surface area contributed by atoms with Crippen molar-refractivity contribution in [1.29, 1.82) is 0 Å². The Balaban J connectivity index is 2.26. The normalized spacial score (nSPS) is 12.5. The first-order valence-electron chi connectivity index (χ1n) is 7.87. The van der Waals surface area contributed by atoms with Gasteiger partial charge in [0.05, 0.1) is 18.1 Å². The van der Waals surface area contributed by atoms with Crippen molar-refractivity contribution in [3.8, 4) is 17.1 Å². The minimum absolute atomic E-state index is 0.0721. The van der Waals surface area contributed by atoms with Gasteiger partial charge in [-0.05, 0) is 42.3 Å². The molecule has 1 aromatic heterocycles. The van der Waals surface area contributed by atoms with Gasteiger partial charge < -0.3 is 14.4 Å². The van der Waals surface area contributed by atoms with Gasteiger partial charge in [-0.3, -0.25) is 0 Å². The Morgan fingerprint density at radius 1 is 1.12 bits per heavy atom. The molecule has 1 heterocycles. The number of carbonyl (C=O) groups is 1. The lowest BCUT2D eigenvalue weighted by Crippen LogP contribution is -2.24. The summed E-state index contributed by atoms with van der Waals surface area (Å²) in [5.41, 5.74) is 2.47. The summed E-state index contributed by atoms with van der Waals surface area (Å²) in [5, 5.41) is 9.76. The molecule has 0 spiro atoms. The Morgan fingerprint density at radius 2 is 1.79 bits per heavy atom. The predicted octanol–water partition coefficient (Wildman–Crippen LogP) is 3.99. The smallest absolute Gasteiger partial charge is 0.327 e. The molecule has 0 bridgehead atoms. The van der Waals surface area contributed by atoms with Crippen molar-refractivity contribution in [2.75, 3.05) is 7.11 Å². The van der Waals surface area contributed by atoms with Gasteiger partial charge in [0, 0.05) is 5.56 Å². The molecule has 24 heavy (non-hydrogen) atoms. The van der Waals surface area contributed by atoms with Gasteiger partial charge in [-0.1, -0.05) is 26.0 Å². The van der Waals surface area contributed by atoms with E-state index in [-0.39, 0.29) is 5.92 Å². The third-order valence-electron chi connectivity index (χ3n) is 4.11. The van der Waals surface area contributed by atoms with Gasteiger partial charge in [0.25, 0.3) is 0 Å². The molecule has 5 nitrogen and oxygen atoms in total. The van der Waals surface area contributed by atoms with E-state index in [2.05, 4.69) is 4.98 Å². The SMILES string of the molecule is COc1ccc(-c2nc3ccccc3n2C(C(=O)O)C(C)C)cc1. The second kappa shape index (κ2) is 6.35. The number of nitrogens with zero attached hydrogens (tertiary/aromatic N) is 2. The third-order valence-corrected chi connectivity index (χ3v) is 4.11. The summed E-state index contributed by atoms with van der Waals surface area (Å²) in [7, 11) is 1.61. The monoisotopic (exact) mass is 324 g/mol. The zero-order valence-electron chi connectivity index (χ0n) is 13.9. The Labute approximate surface area is 140 Å². The summed E-state index contributed by atoms with van der Waals surface area (Å²) in [4.78, 5) is 16.6. The van der Waals surface area contributed by atoms with Gasteiger partial charge in [-0.2, -0.15) is 0 Å². The number of hydrogen-bond acceptors (Lipinski definition) is 3. The fraction of sp³-hybridized carbons (Fsp3) is 0.263. The lowest BCUT2D eigenvalue weighted by Gasteiger charge is -2.21. The van der Waals surface area contributed by atoms with Gasteiger partial charge in [-0.15, -0.1) is 0 Å². The van der Waals surface area contributed by atoms with Gasteiger partial charge >= 0.3 is 5.97 Å². The first-order valence-corrected chi connectivity index (χ1v) is 7.87. The van der Waals surface area contributed by atoms with Crippen LogP contribution in [0.5, 0.6) is 5.75 Å². The standard InChI is InChI=1S/C19H20N2O3/c1-12(2)17(19(22)23)21-16-7-5-4-6-15(16)20-18(21)13-8-10-14(24-3)11-9-13/h4-12,17H,1-3H3,(H,22,23). The highest BCUT2D eigenvalue weighted by Gasteiger charge is 2.28. The van der Waals surface area contributed by atoms with Crippen LogP contribution < -0.4 is 4.74 Å². The van der Waals surface area contributed by atoms with E-state index < -0.39 is 12.0 Å². The molecule has 3 aromatic rings. The largest absolute Gasteiger partial charge is 0.497 e. The molecule has 0 amide bonds. The first-order chi connectivity index (χ1) is 11.5. The van der Waals surface area contributed by atoms with Crippen LogP contribution in [0.3, 0.4) is 0 Å². The van der Waals surface area contributed by atoms with Crippen molar-refractivity contribution in [3.05, 3.63) is 48.5 Å². The molecule has 0 saturated carbocycles. The van der Waals surface area contributed by atoms with E-state index in [9.17, 15) is 9.90 Å². The van der Waals surface area contributed by atoms with Crippen LogP contribution in [0.1, 0.15) is 19.9 Å². The number of carboxylic acid groups (broad SMARTS) is 1. The van der Waals surface area contributed by atoms with Crippen molar-refractivity contribution in [2.24, 2.45) is 5.92 Å². The van der Waals surface area contributed by atoms with E-state index in [4.69, 9.17) is 4.74 Å². The Hall–Kier alpha value is -2.82. The molecule has 0 radical (unpaired) electrons. The molecule has 0 fully saturated rings. The van der Waals surface area contributed by atoms with E-state index in [0.717, 1.165) is 22.3 Å². The number of fused-ring (bicyclic) bond motifs is 1. The van der Waals surface area contributed by atoms with Crippen molar-refractivity contribution in [1.82, 2.24) is 9.55 Å². The molecule has 0 saturated heterocycles. The number of rotatable bonds is 5. The zero-order valence-corrected chi connectivity index (χ0v) is 13.9. The number of ether oxygens (including phenoxy) is 1. The van der Waals surface area contributed by atoms with Gasteiger partial charge in [0.2, 0.25) is 0 Å². The van der Waals surface area contributed by atoms with Crippen LogP contribution in [-0.2, 0) is 4.79 Å². The topological polar surface area (TPSA) is 64.4 Å². The first kappa shape index (κ1) is 16.1. The van der Waals surface area contributed by atoms with Crippen LogP contribution in [0.25, 0.3) is 22.4 Å². The Morgan fingerprint density at radius 3 is 2.38 bits per heavy atom. The fourth-order valence-corrected chi connectivity index (χ4v) is 2.96. The number of methoxy groups -OCH3 is 1. The molecule has 1 unspecified atom stereocenters. The fourth-order valence-electron chi connectivity index (χ4n) is 2.96. The summed E-state index contributed by atoms with van der Waals surface area (Å²) in [6, 6.07) is 14.4. The summed E-state index contributed by atoms with van der Waals surface area (Å²) < 4.78 is 7.02. The lowest BCUT2D eigenvalue weighted by atomic mass is 10.0. The summed E-state index contributed by atoms with van der Waals surface area (Å²) in [5.74, 6) is 0.472. The molecule has 0 aliphatic rings. The molecule has 0 aliphatic carbocycles. The van der Waals surface area contributed by atoms with Gasteiger partial charge in [0.15, 0.2) is 0 Å². The van der Waals surface area contributed by atoms with E-state index in [1.165, 1.54) is 0 Å². The van der Waals surface area contributed by atoms with Crippen molar-refractivity contribution >= 4 is 17.0 Å². The number of hydrogen-bond donors (Lipinski definition) is 1. The lowest BCUT2D eigenvalue weighted by molar-refractivity contribution is -0.142. The number of aliphatic carboxylic acids is 1. The quantitative estimate of drug-likeness (QED) is 0.770. The molecule has 2 aromatic carbocycles. The molecule has 1 N–H and O–H groups in total. The predicted molar refractivity (Wildman–Crippen MR) is 93.2 cm³/mol. The molecular weight excluding hydrogens is 304 g/mol. The van der Waals surface area contributed by atoms with Crippen LogP contribution in [0.2, 0.25) is 0 Å². The summed E-state index contributed by atoms with van der Waals surface area (Å²) >= 11 is 0. The highest BCUT2D eigenvalue weighted by atomic mass is 16.5. The van der Waals surface area contributed by atoms with Crippen molar-refractivity contribution in [2.45, 2.75) is 19.9 Å². The number of benzene rings is 2. The molecule has 124 valence electrons. The molecular formula is C19H20N2O3. The van der Waals surface area contributed by atoms with E-state index in [0.29, 0.717) is 5.82 Å². The summed E-state index contributed by atoms with van der Waals surface area (Å²) in [6.07, 6.45) is 0. The van der Waals surface area contributed by atoms with Crippen LogP contribution in [0.15, 0.2) is 48.5 Å². The second-order valence-electron chi connectivity index (χ2n) is 6.05. The maximum absolute atomic E-state index is 11.9. The van der Waals surface area contributed by atoms with E-state index in [1.807, 2.05) is 66.9 Å². The molecule has 3 rings (SSSR count). The van der Waals surface area contributed by atoms with Gasteiger partial charge in [-0.25, -0.2) is 9.78 Å². The van der Waals surface area contributed by atoms with Crippen LogP contribution in [-0.4, -0.2) is 27.7 Å². The minimum Gasteiger partial charge on any atom is -0.497 e. The summed E-state index contributed by atoms with van der Waals surface area (Å²) in [6.45, 7) is 3.82. The highest BCUT2D eigenvalue weighted by molar-refractivity contribution is 5.84. The maximum Gasteiger partial charge on any atom is 0.327 e. The number of imidazole rings is 1. The van der Waals surface area contributed by atoms with Crippen molar-refractivity contribution < 1.29 is 14.6 Å². The number of para-hydroxylation sites is 2. The maximum atomic E-state index is 11.9. The third kappa shape index (κ3) is 2.73. The average molecular weight is 324 g/mol. The molecule has 5 heteroatoms. The number of aromatic nitrogens is 2. The van der Waals surface area contributed by atoms with Crippen LogP contribution in [0, 0.1) is 5.92 Å². The Bertz CT molecular complexity index is 866. The molecule has 1 atom stereocenters. The van der Waals surface area contributed by atoms with Crippen LogP contribution >= 0.6 is 0 Å². The highest BCUT2D eigenvalue weighted by Crippen LogP contribution is 2.32. The zero-order chi connectivity index (χ0) is 17.3. The molecule has 0 aliphatic heterocycles. The minimum atomic E-state index is -0.858. The Kier molecular flexibility index (Phi) is 4.25. The van der Waals surface area contributed by atoms with E-state index >= 15 is 0 Å². The van der Waals surface area contributed by atoms with E-state index in [1.54, 1.807) is 7.11 Å².